The lowest BCUT2D eigenvalue weighted by atomic mass is 9.90. The Kier molecular flexibility index (Phi) is 4.67. The van der Waals surface area contributed by atoms with Crippen molar-refractivity contribution in [3.8, 4) is 5.69 Å². The summed E-state index contributed by atoms with van der Waals surface area (Å²) >= 11 is 3.21. The Morgan fingerprint density at radius 3 is 2.77 bits per heavy atom. The van der Waals surface area contributed by atoms with Gasteiger partial charge in [-0.05, 0) is 36.8 Å². The smallest absolute Gasteiger partial charge is 0.267 e. The Hall–Kier alpha value is -1.63. The third-order valence-corrected chi connectivity index (χ3v) is 6.94. The summed E-state index contributed by atoms with van der Waals surface area (Å²) in [4.78, 5) is 20.4. The van der Waals surface area contributed by atoms with Gasteiger partial charge in [-0.1, -0.05) is 43.8 Å². The molecule has 0 radical (unpaired) electrons. The zero-order valence-corrected chi connectivity index (χ0v) is 16.9. The molecular formula is C20H22N2O2S2. The van der Waals surface area contributed by atoms with Crippen molar-refractivity contribution < 1.29 is 4.74 Å². The molecule has 0 fully saturated rings. The summed E-state index contributed by atoms with van der Waals surface area (Å²) in [6, 6.07) is 9.80. The summed E-state index contributed by atoms with van der Waals surface area (Å²) in [5.74, 6) is 0.868. The molecule has 0 aliphatic carbocycles. The van der Waals surface area contributed by atoms with Crippen molar-refractivity contribution in [2.45, 2.75) is 51.0 Å². The van der Waals surface area contributed by atoms with E-state index in [-0.39, 0.29) is 11.2 Å². The van der Waals surface area contributed by atoms with E-state index in [0.29, 0.717) is 6.61 Å². The fourth-order valence-electron chi connectivity index (χ4n) is 3.36. The fraction of sp³-hybridized carbons (Fsp3) is 0.400. The highest BCUT2D eigenvalue weighted by Crippen LogP contribution is 2.39. The number of nitrogens with zero attached hydrogens (tertiary/aromatic N) is 2. The highest BCUT2D eigenvalue weighted by Gasteiger charge is 2.33. The van der Waals surface area contributed by atoms with Crippen LogP contribution in [0.25, 0.3) is 15.9 Å². The molecule has 136 valence electrons. The van der Waals surface area contributed by atoms with E-state index >= 15 is 0 Å². The van der Waals surface area contributed by atoms with E-state index in [9.17, 15) is 4.79 Å². The zero-order valence-electron chi connectivity index (χ0n) is 15.2. The summed E-state index contributed by atoms with van der Waals surface area (Å²) in [6.45, 7) is 6.91. The lowest BCUT2D eigenvalue weighted by molar-refractivity contribution is -0.0543. The van der Waals surface area contributed by atoms with Crippen LogP contribution < -0.4 is 5.56 Å². The molecule has 26 heavy (non-hydrogen) atoms. The third kappa shape index (κ3) is 2.90. The van der Waals surface area contributed by atoms with Gasteiger partial charge in [-0.15, -0.1) is 11.3 Å². The van der Waals surface area contributed by atoms with Crippen LogP contribution >= 0.6 is 23.1 Å². The first-order valence-corrected chi connectivity index (χ1v) is 10.8. The minimum atomic E-state index is -0.206. The number of thiophene rings is 1. The molecule has 0 unspecified atom stereocenters. The topological polar surface area (TPSA) is 44.1 Å². The molecule has 1 aliphatic rings. The Morgan fingerprint density at radius 1 is 1.31 bits per heavy atom. The summed E-state index contributed by atoms with van der Waals surface area (Å²) in [5.41, 5.74) is 1.83. The van der Waals surface area contributed by atoms with Gasteiger partial charge >= 0.3 is 0 Å². The Bertz CT molecular complexity index is 1010. The van der Waals surface area contributed by atoms with Crippen molar-refractivity contribution in [3.05, 3.63) is 51.1 Å². The first-order valence-electron chi connectivity index (χ1n) is 8.96. The van der Waals surface area contributed by atoms with E-state index in [1.807, 2.05) is 30.3 Å². The second-order valence-electron chi connectivity index (χ2n) is 6.76. The van der Waals surface area contributed by atoms with E-state index in [1.54, 1.807) is 27.7 Å². The van der Waals surface area contributed by atoms with E-state index in [2.05, 4.69) is 20.8 Å². The van der Waals surface area contributed by atoms with Crippen molar-refractivity contribution in [2.24, 2.45) is 0 Å². The number of para-hydroxylation sites is 1. The molecule has 1 aromatic carbocycles. The predicted octanol–water partition coefficient (Wildman–Crippen LogP) is 4.80. The van der Waals surface area contributed by atoms with Crippen molar-refractivity contribution in [2.75, 3.05) is 5.75 Å². The Labute approximate surface area is 161 Å². The molecule has 0 amide bonds. The molecule has 0 N–H and O–H groups in total. The van der Waals surface area contributed by atoms with E-state index in [0.717, 1.165) is 50.1 Å². The normalized spacial score (nSPS) is 19.7. The van der Waals surface area contributed by atoms with Crippen LogP contribution in [0.4, 0.5) is 0 Å². The van der Waals surface area contributed by atoms with Crippen LogP contribution in [0.3, 0.4) is 0 Å². The number of hydrogen-bond acceptors (Lipinski definition) is 5. The quantitative estimate of drug-likeness (QED) is 0.477. The molecule has 0 bridgehead atoms. The average molecular weight is 387 g/mol. The molecule has 0 saturated heterocycles. The molecule has 1 aliphatic heterocycles. The summed E-state index contributed by atoms with van der Waals surface area (Å²) in [6.07, 6.45) is 1.69. The zero-order chi connectivity index (χ0) is 18.3. The molecule has 0 saturated carbocycles. The molecule has 6 heteroatoms. The van der Waals surface area contributed by atoms with Gasteiger partial charge in [0.2, 0.25) is 0 Å². The standard InChI is InChI=1S/C20H22N2O2S2/c1-4-20(3)11-14-15(12-24-20)26-17-16(14)18(23)22(19(21-17)25-5-2)13-9-7-6-8-10-13/h6-10H,4-5,11-12H2,1-3H3/t20-/m1/s1. The van der Waals surface area contributed by atoms with Crippen LogP contribution in [0.5, 0.6) is 0 Å². The maximum absolute atomic E-state index is 13.5. The number of hydrogen-bond donors (Lipinski definition) is 0. The van der Waals surface area contributed by atoms with E-state index in [1.165, 1.54) is 0 Å². The predicted molar refractivity (Wildman–Crippen MR) is 109 cm³/mol. The second-order valence-corrected chi connectivity index (χ2v) is 9.07. The van der Waals surface area contributed by atoms with Crippen LogP contribution in [0, 0.1) is 0 Å². The minimum Gasteiger partial charge on any atom is -0.369 e. The van der Waals surface area contributed by atoms with Crippen molar-refractivity contribution in [3.63, 3.8) is 0 Å². The largest absolute Gasteiger partial charge is 0.369 e. The minimum absolute atomic E-state index is 0.0370. The fourth-order valence-corrected chi connectivity index (χ4v) is 5.24. The monoisotopic (exact) mass is 386 g/mol. The highest BCUT2D eigenvalue weighted by atomic mass is 32.2. The molecule has 3 aromatic rings. The first-order chi connectivity index (χ1) is 12.6. The average Bonchev–Trinajstić information content (AvgIpc) is 3.00. The van der Waals surface area contributed by atoms with Crippen LogP contribution in [-0.4, -0.2) is 20.9 Å². The van der Waals surface area contributed by atoms with Gasteiger partial charge in [0, 0.05) is 11.3 Å². The van der Waals surface area contributed by atoms with Gasteiger partial charge < -0.3 is 4.74 Å². The molecule has 1 atom stereocenters. The van der Waals surface area contributed by atoms with E-state index in [4.69, 9.17) is 9.72 Å². The first kappa shape index (κ1) is 17.8. The number of benzene rings is 1. The lowest BCUT2D eigenvalue weighted by Gasteiger charge is -2.32. The van der Waals surface area contributed by atoms with Crippen LogP contribution in [0.15, 0.2) is 40.3 Å². The van der Waals surface area contributed by atoms with Gasteiger partial charge in [0.15, 0.2) is 5.16 Å². The maximum Gasteiger partial charge on any atom is 0.267 e. The summed E-state index contributed by atoms with van der Waals surface area (Å²) in [7, 11) is 0. The van der Waals surface area contributed by atoms with Gasteiger partial charge in [0.05, 0.1) is 23.3 Å². The van der Waals surface area contributed by atoms with Crippen molar-refractivity contribution >= 4 is 33.3 Å². The van der Waals surface area contributed by atoms with Crippen molar-refractivity contribution in [1.29, 1.82) is 0 Å². The van der Waals surface area contributed by atoms with Crippen LogP contribution in [-0.2, 0) is 17.8 Å². The molecule has 4 rings (SSSR count). The highest BCUT2D eigenvalue weighted by molar-refractivity contribution is 7.99. The van der Waals surface area contributed by atoms with Gasteiger partial charge in [0.1, 0.15) is 4.83 Å². The number of aromatic nitrogens is 2. The van der Waals surface area contributed by atoms with Gasteiger partial charge in [-0.2, -0.15) is 0 Å². The Balaban J connectivity index is 2.00. The number of ether oxygens (including phenoxy) is 1. The van der Waals surface area contributed by atoms with Crippen LogP contribution in [0.2, 0.25) is 0 Å². The Morgan fingerprint density at radius 2 is 2.08 bits per heavy atom. The maximum atomic E-state index is 13.5. The van der Waals surface area contributed by atoms with E-state index < -0.39 is 0 Å². The summed E-state index contributed by atoms with van der Waals surface area (Å²) in [5, 5.41) is 1.53. The summed E-state index contributed by atoms with van der Waals surface area (Å²) < 4.78 is 7.84. The second kappa shape index (κ2) is 6.83. The van der Waals surface area contributed by atoms with Gasteiger partial charge in [-0.3, -0.25) is 9.36 Å². The molecular weight excluding hydrogens is 364 g/mol. The molecule has 2 aromatic heterocycles. The number of fused-ring (bicyclic) bond motifs is 3. The van der Waals surface area contributed by atoms with Gasteiger partial charge in [0.25, 0.3) is 5.56 Å². The third-order valence-electron chi connectivity index (χ3n) is 5.02. The molecule has 4 nitrogen and oxygen atoms in total. The number of rotatable bonds is 4. The lowest BCUT2D eigenvalue weighted by Crippen LogP contribution is -2.34. The van der Waals surface area contributed by atoms with Crippen LogP contribution in [0.1, 0.15) is 37.6 Å². The number of thioether (sulfide) groups is 1. The van der Waals surface area contributed by atoms with Crippen molar-refractivity contribution in [1.82, 2.24) is 9.55 Å². The van der Waals surface area contributed by atoms with Gasteiger partial charge in [-0.25, -0.2) is 4.98 Å². The molecule has 0 spiro atoms. The SMILES string of the molecule is CCSc1nc2sc3c(c2c(=O)n1-c1ccccc1)C[C@@](C)(CC)OC3. The molecule has 3 heterocycles.